The van der Waals surface area contributed by atoms with Gasteiger partial charge in [-0.25, -0.2) is 0 Å². The van der Waals surface area contributed by atoms with E-state index in [1.165, 1.54) is 167 Å². The van der Waals surface area contributed by atoms with Crippen LogP contribution in [-0.2, 0) is 14.9 Å². The molecule has 0 aliphatic heterocycles. The summed E-state index contributed by atoms with van der Waals surface area (Å²) >= 11 is 0. The third-order valence-corrected chi connectivity index (χ3v) is 10.8. The topological polar surface area (TPSA) is 104 Å². The largest absolute Gasteiger partial charge is 0.387 e. The van der Waals surface area contributed by atoms with Crippen LogP contribution in [-0.4, -0.2) is 41.9 Å². The Bertz CT molecular complexity index is 961. The van der Waals surface area contributed by atoms with Gasteiger partial charge in [0.15, 0.2) is 0 Å². The number of amides is 1. The van der Waals surface area contributed by atoms with Crippen molar-refractivity contribution in [2.45, 2.75) is 238 Å². The van der Waals surface area contributed by atoms with Gasteiger partial charge in [0.1, 0.15) is 0 Å². The highest BCUT2D eigenvalue weighted by Gasteiger charge is 2.24. The van der Waals surface area contributed by atoms with Crippen LogP contribution in [0.1, 0.15) is 226 Å². The molecule has 2 atom stereocenters. The second-order valence-corrected chi connectivity index (χ2v) is 16.8. The normalized spacial score (nSPS) is 13.5. The van der Waals surface area contributed by atoms with Gasteiger partial charge in [0.25, 0.3) is 10.1 Å². The number of rotatable bonds is 40. The van der Waals surface area contributed by atoms with Crippen molar-refractivity contribution in [2.75, 3.05) is 5.75 Å². The lowest BCUT2D eigenvalue weighted by Crippen LogP contribution is -2.46. The molecule has 0 aromatic carbocycles. The molecule has 6 nitrogen and oxygen atoms in total. The average Bonchev–Trinajstić information content (AvgIpc) is 3.11. The molecule has 306 valence electrons. The van der Waals surface area contributed by atoms with Gasteiger partial charge in [-0.3, -0.25) is 9.35 Å². The third kappa shape index (κ3) is 39.8. The molecule has 52 heavy (non-hydrogen) atoms. The molecule has 1 amide bonds. The molecule has 3 N–H and O–H groups in total. The van der Waals surface area contributed by atoms with E-state index in [1.54, 1.807) is 6.08 Å². The van der Waals surface area contributed by atoms with Gasteiger partial charge < -0.3 is 10.4 Å². The van der Waals surface area contributed by atoms with Crippen LogP contribution >= 0.6 is 0 Å². The van der Waals surface area contributed by atoms with Gasteiger partial charge in [0, 0.05) is 6.42 Å². The maximum absolute atomic E-state index is 12.5. The fraction of sp³-hybridized carbons (Fsp3) is 0.844. The number of aliphatic hydroxyl groups is 1. The third-order valence-electron chi connectivity index (χ3n) is 10.0. The van der Waals surface area contributed by atoms with Crippen LogP contribution in [0, 0.1) is 0 Å². The summed E-state index contributed by atoms with van der Waals surface area (Å²) in [6.07, 6.45) is 51.4. The molecule has 0 bridgehead atoms. The second kappa shape index (κ2) is 39.3. The summed E-state index contributed by atoms with van der Waals surface area (Å²) in [5.74, 6) is -1.00. The van der Waals surface area contributed by atoms with Crippen molar-refractivity contribution in [2.24, 2.45) is 0 Å². The Balaban J connectivity index is 3.91. The molecule has 0 aromatic rings. The lowest BCUT2D eigenvalue weighted by atomic mass is 10.0. The SMILES string of the molecule is CCCCCCCCC/C=C/CC/C=C/CC/C=C/C(O)C(CS(=O)(=O)O)NC(=O)CCCCCCCCCCCCCCCCCCCCCC. The monoisotopic (exact) mass is 752 g/mol. The van der Waals surface area contributed by atoms with E-state index in [4.69, 9.17) is 0 Å². The van der Waals surface area contributed by atoms with Crippen LogP contribution in [0.15, 0.2) is 36.5 Å². The Morgan fingerprint density at radius 1 is 0.500 bits per heavy atom. The molecule has 0 saturated heterocycles. The average molecular weight is 752 g/mol. The number of carbonyl (C=O) groups is 1. The molecular weight excluding hydrogens is 667 g/mol. The van der Waals surface area contributed by atoms with Gasteiger partial charge in [0.05, 0.1) is 17.9 Å². The maximum atomic E-state index is 12.5. The minimum Gasteiger partial charge on any atom is -0.387 e. The fourth-order valence-electron chi connectivity index (χ4n) is 6.72. The Kier molecular flexibility index (Phi) is 38.2. The van der Waals surface area contributed by atoms with E-state index in [-0.39, 0.29) is 12.3 Å². The number of carbonyl (C=O) groups excluding carboxylic acids is 1. The summed E-state index contributed by atoms with van der Waals surface area (Å²) in [5.41, 5.74) is 0. The molecule has 2 unspecified atom stereocenters. The molecule has 0 aromatic heterocycles. The Labute approximate surface area is 323 Å². The van der Waals surface area contributed by atoms with Gasteiger partial charge in [-0.1, -0.05) is 211 Å². The van der Waals surface area contributed by atoms with Gasteiger partial charge in [0.2, 0.25) is 5.91 Å². The van der Waals surface area contributed by atoms with Crippen LogP contribution in [0.3, 0.4) is 0 Å². The molecule has 0 aliphatic carbocycles. The van der Waals surface area contributed by atoms with Crippen molar-refractivity contribution in [3.8, 4) is 0 Å². The van der Waals surface area contributed by atoms with E-state index in [9.17, 15) is 22.9 Å². The molecule has 7 heteroatoms. The van der Waals surface area contributed by atoms with Crippen LogP contribution in [0.5, 0.6) is 0 Å². The van der Waals surface area contributed by atoms with Crippen molar-refractivity contribution in [3.63, 3.8) is 0 Å². The first-order valence-electron chi connectivity index (χ1n) is 22.2. The van der Waals surface area contributed by atoms with Crippen molar-refractivity contribution < 1.29 is 22.9 Å². The summed E-state index contributed by atoms with van der Waals surface area (Å²) < 4.78 is 32.5. The zero-order valence-corrected chi connectivity index (χ0v) is 35.0. The fourth-order valence-corrected chi connectivity index (χ4v) is 7.45. The Morgan fingerprint density at radius 3 is 1.21 bits per heavy atom. The predicted molar refractivity (Wildman–Crippen MR) is 225 cm³/mol. The summed E-state index contributed by atoms with van der Waals surface area (Å²) in [5, 5.41) is 13.2. The zero-order valence-electron chi connectivity index (χ0n) is 34.2. The number of hydrogen-bond acceptors (Lipinski definition) is 4. The lowest BCUT2D eigenvalue weighted by molar-refractivity contribution is -0.122. The number of allylic oxidation sites excluding steroid dienone is 5. The summed E-state index contributed by atoms with van der Waals surface area (Å²) in [6.45, 7) is 4.53. The second-order valence-electron chi connectivity index (χ2n) is 15.3. The van der Waals surface area contributed by atoms with Crippen molar-refractivity contribution in [3.05, 3.63) is 36.5 Å². The van der Waals surface area contributed by atoms with E-state index >= 15 is 0 Å². The molecule has 0 spiro atoms. The zero-order chi connectivity index (χ0) is 38.2. The van der Waals surface area contributed by atoms with Gasteiger partial charge >= 0.3 is 0 Å². The van der Waals surface area contributed by atoms with Crippen molar-refractivity contribution in [1.29, 1.82) is 0 Å². The van der Waals surface area contributed by atoms with E-state index < -0.39 is 28.0 Å². The number of aliphatic hydroxyl groups excluding tert-OH is 1. The van der Waals surface area contributed by atoms with Gasteiger partial charge in [-0.2, -0.15) is 8.42 Å². The number of hydrogen-bond donors (Lipinski definition) is 3. The van der Waals surface area contributed by atoms with Crippen LogP contribution < -0.4 is 5.32 Å². The molecule has 0 rings (SSSR count). The van der Waals surface area contributed by atoms with Gasteiger partial charge in [-0.05, 0) is 44.9 Å². The Hall–Kier alpha value is -1.44. The molecule has 0 heterocycles. The smallest absolute Gasteiger partial charge is 0.267 e. The van der Waals surface area contributed by atoms with Crippen LogP contribution in [0.2, 0.25) is 0 Å². The first kappa shape index (κ1) is 50.6. The predicted octanol–water partition coefficient (Wildman–Crippen LogP) is 13.3. The van der Waals surface area contributed by atoms with Crippen molar-refractivity contribution >= 4 is 16.0 Å². The lowest BCUT2D eigenvalue weighted by Gasteiger charge is -2.21. The molecule has 0 aliphatic rings. The van der Waals surface area contributed by atoms with Crippen LogP contribution in [0.4, 0.5) is 0 Å². The quantitative estimate of drug-likeness (QED) is 0.0328. The summed E-state index contributed by atoms with van der Waals surface area (Å²) in [7, 11) is -4.36. The molecule has 0 saturated carbocycles. The van der Waals surface area contributed by atoms with Gasteiger partial charge in [-0.15, -0.1) is 0 Å². The standard InChI is InChI=1S/C45H85NO5S/c1-3-5-7-9-11-13-15-17-19-21-22-23-25-27-29-31-33-35-37-39-41-45(48)46-43(42-52(49,50)51)44(47)40-38-36-34-32-30-28-26-24-20-18-16-14-12-10-8-6-4-2/h20,24,30,32,38,40,43-44,47H,3-19,21-23,25-29,31,33-37,39,41-42H2,1-2H3,(H,46,48)(H,49,50,51)/b24-20+,32-30+,40-38+. The minimum atomic E-state index is -4.36. The highest BCUT2D eigenvalue weighted by atomic mass is 32.2. The summed E-state index contributed by atoms with van der Waals surface area (Å²) in [6, 6.07) is -1.08. The highest BCUT2D eigenvalue weighted by molar-refractivity contribution is 7.85. The van der Waals surface area contributed by atoms with E-state index in [2.05, 4.69) is 43.5 Å². The molecular formula is C45H85NO5S. The highest BCUT2D eigenvalue weighted by Crippen LogP contribution is 2.15. The van der Waals surface area contributed by atoms with E-state index in [0.717, 1.165) is 38.5 Å². The summed E-state index contributed by atoms with van der Waals surface area (Å²) in [4.78, 5) is 12.5. The minimum absolute atomic E-state index is 0.288. The maximum Gasteiger partial charge on any atom is 0.267 e. The molecule has 0 radical (unpaired) electrons. The number of nitrogens with one attached hydrogen (secondary N) is 1. The number of unbranched alkanes of at least 4 members (excludes halogenated alkanes) is 28. The van der Waals surface area contributed by atoms with Crippen LogP contribution in [0.25, 0.3) is 0 Å². The molecule has 0 fully saturated rings. The first-order chi connectivity index (χ1) is 25.3. The van der Waals surface area contributed by atoms with Crippen molar-refractivity contribution in [1.82, 2.24) is 5.32 Å². The first-order valence-corrected chi connectivity index (χ1v) is 23.8. The Morgan fingerprint density at radius 2 is 0.827 bits per heavy atom. The van der Waals surface area contributed by atoms with E-state index in [1.807, 2.05) is 0 Å². The van der Waals surface area contributed by atoms with E-state index in [0.29, 0.717) is 6.42 Å².